The van der Waals surface area contributed by atoms with Gasteiger partial charge in [0, 0.05) is 17.5 Å². The van der Waals surface area contributed by atoms with Crippen LogP contribution in [0, 0.1) is 11.3 Å². The minimum Gasteiger partial charge on any atom is -0.508 e. The molecule has 148 valence electrons. The Balaban J connectivity index is 1.88. The van der Waals surface area contributed by atoms with Crippen LogP contribution in [0.15, 0.2) is 72.8 Å². The lowest BCUT2D eigenvalue weighted by molar-refractivity contribution is -0.127. The van der Waals surface area contributed by atoms with Gasteiger partial charge in [-0.2, -0.15) is 0 Å². The van der Waals surface area contributed by atoms with Crippen molar-refractivity contribution in [2.75, 3.05) is 12.0 Å². The van der Waals surface area contributed by atoms with Crippen molar-refractivity contribution < 1.29 is 19.4 Å². The quantitative estimate of drug-likeness (QED) is 0.796. The first-order valence-corrected chi connectivity index (χ1v) is 9.56. The number of para-hydroxylation sites is 1. The number of ether oxygens (including phenoxy) is 1. The Labute approximate surface area is 169 Å². The maximum Gasteiger partial charge on any atom is 0.241 e. The molecule has 1 fully saturated rings. The molecule has 0 aromatic heterocycles. The van der Waals surface area contributed by atoms with Crippen molar-refractivity contribution in [3.63, 3.8) is 0 Å². The normalized spacial score (nSPS) is 26.1. The third-order valence-electron chi connectivity index (χ3n) is 6.23. The van der Waals surface area contributed by atoms with Gasteiger partial charge in [0.1, 0.15) is 11.5 Å². The van der Waals surface area contributed by atoms with Crippen molar-refractivity contribution in [2.45, 2.75) is 19.3 Å². The predicted molar refractivity (Wildman–Crippen MR) is 111 cm³/mol. The van der Waals surface area contributed by atoms with E-state index in [2.05, 4.69) is 6.58 Å². The molecule has 2 aliphatic rings. The Morgan fingerprint density at radius 3 is 2.55 bits per heavy atom. The lowest BCUT2D eigenvalue weighted by Crippen LogP contribution is -2.41. The predicted octanol–water partition coefficient (Wildman–Crippen LogP) is 4.20. The van der Waals surface area contributed by atoms with Crippen LogP contribution in [-0.4, -0.2) is 24.0 Å². The van der Waals surface area contributed by atoms with Gasteiger partial charge in [-0.3, -0.25) is 9.59 Å². The van der Waals surface area contributed by atoms with Crippen molar-refractivity contribution in [3.05, 3.63) is 78.4 Å². The summed E-state index contributed by atoms with van der Waals surface area (Å²) >= 11 is 0. The molecule has 5 heteroatoms. The van der Waals surface area contributed by atoms with Gasteiger partial charge in [-0.25, -0.2) is 4.90 Å². The highest BCUT2D eigenvalue weighted by molar-refractivity contribution is 6.24. The number of methoxy groups -OCH3 is 1. The molecule has 2 aromatic rings. The van der Waals surface area contributed by atoms with Crippen LogP contribution in [0.5, 0.6) is 11.5 Å². The van der Waals surface area contributed by atoms with Crippen LogP contribution in [0.3, 0.4) is 0 Å². The Hall–Kier alpha value is -3.34. The van der Waals surface area contributed by atoms with E-state index < -0.39 is 17.3 Å². The zero-order valence-corrected chi connectivity index (χ0v) is 16.5. The van der Waals surface area contributed by atoms with Crippen molar-refractivity contribution in [3.8, 4) is 11.5 Å². The standard InChI is InChI=1S/C24H23NO4/c1-4-15-10-13-19-22(27)25(16-8-6-5-7-9-16)23(28)24(19,2)21(15)18-12-11-17(29-3)14-20(18)26/h4-12,14,19,21,26H,1,13H2,2-3H3. The third kappa shape index (κ3) is 2.69. The molecule has 4 rings (SSSR count). The average molecular weight is 389 g/mol. The molecule has 0 radical (unpaired) electrons. The molecule has 0 spiro atoms. The fraction of sp³-hybridized carbons (Fsp3) is 0.250. The Morgan fingerprint density at radius 1 is 1.21 bits per heavy atom. The molecule has 2 aromatic carbocycles. The van der Waals surface area contributed by atoms with E-state index in [1.807, 2.05) is 19.1 Å². The zero-order valence-electron chi connectivity index (χ0n) is 16.5. The minimum absolute atomic E-state index is 0.0300. The summed E-state index contributed by atoms with van der Waals surface area (Å²) in [6, 6.07) is 14.0. The number of hydrogen-bond acceptors (Lipinski definition) is 4. The second-order valence-electron chi connectivity index (χ2n) is 7.65. The lowest BCUT2D eigenvalue weighted by atomic mass is 9.60. The third-order valence-corrected chi connectivity index (χ3v) is 6.23. The topological polar surface area (TPSA) is 66.8 Å². The van der Waals surface area contributed by atoms with Crippen molar-refractivity contribution in [1.82, 2.24) is 0 Å². The number of amides is 2. The van der Waals surface area contributed by atoms with E-state index in [1.54, 1.807) is 42.5 Å². The Morgan fingerprint density at radius 2 is 1.93 bits per heavy atom. The van der Waals surface area contributed by atoms with E-state index in [0.717, 1.165) is 5.57 Å². The number of phenolic OH excluding ortho intramolecular Hbond substituents is 1. The summed E-state index contributed by atoms with van der Waals surface area (Å²) in [5, 5.41) is 10.7. The SMILES string of the molecule is C=CC1=CCC2C(=O)N(c3ccccc3)C(=O)C2(C)C1c1ccc(OC)cc1O. The largest absolute Gasteiger partial charge is 0.508 e. The highest BCUT2D eigenvalue weighted by Crippen LogP contribution is 2.58. The fourth-order valence-electron chi connectivity index (χ4n) is 4.71. The van der Waals surface area contributed by atoms with Crippen LogP contribution in [0.2, 0.25) is 0 Å². The second-order valence-corrected chi connectivity index (χ2v) is 7.65. The second kappa shape index (κ2) is 6.92. The first-order chi connectivity index (χ1) is 13.9. The van der Waals surface area contributed by atoms with Gasteiger partial charge in [-0.1, -0.05) is 43.0 Å². The van der Waals surface area contributed by atoms with Crippen molar-refractivity contribution in [1.29, 1.82) is 0 Å². The average Bonchev–Trinajstić information content (AvgIpc) is 2.93. The number of benzene rings is 2. The van der Waals surface area contributed by atoms with Gasteiger partial charge in [-0.15, -0.1) is 0 Å². The molecular formula is C24H23NO4. The van der Waals surface area contributed by atoms with Gasteiger partial charge in [0.15, 0.2) is 0 Å². The highest BCUT2D eigenvalue weighted by atomic mass is 16.5. The summed E-state index contributed by atoms with van der Waals surface area (Å²) < 4.78 is 5.19. The monoisotopic (exact) mass is 389 g/mol. The van der Waals surface area contributed by atoms with E-state index in [-0.39, 0.29) is 17.6 Å². The molecule has 3 atom stereocenters. The molecule has 1 heterocycles. The number of allylic oxidation sites excluding steroid dienone is 3. The summed E-state index contributed by atoms with van der Waals surface area (Å²) in [7, 11) is 1.53. The maximum absolute atomic E-state index is 13.7. The van der Waals surface area contributed by atoms with Crippen molar-refractivity contribution in [2.24, 2.45) is 11.3 Å². The number of rotatable bonds is 4. The summed E-state index contributed by atoms with van der Waals surface area (Å²) in [6.07, 6.45) is 4.12. The molecule has 1 saturated heterocycles. The van der Waals surface area contributed by atoms with Gasteiger partial charge in [0.2, 0.25) is 11.8 Å². The van der Waals surface area contributed by atoms with Crippen LogP contribution in [-0.2, 0) is 9.59 Å². The van der Waals surface area contributed by atoms with Gasteiger partial charge in [0.25, 0.3) is 0 Å². The van der Waals surface area contributed by atoms with Gasteiger partial charge in [0.05, 0.1) is 24.1 Å². The summed E-state index contributed by atoms with van der Waals surface area (Å²) in [6.45, 7) is 5.73. The molecule has 1 N–H and O–H groups in total. The summed E-state index contributed by atoms with van der Waals surface area (Å²) in [5.74, 6) is -0.914. The van der Waals surface area contributed by atoms with E-state index in [0.29, 0.717) is 23.4 Å². The number of aromatic hydroxyl groups is 1. The molecule has 2 amide bonds. The molecule has 0 bridgehead atoms. The van der Waals surface area contributed by atoms with Gasteiger partial charge >= 0.3 is 0 Å². The van der Waals surface area contributed by atoms with Crippen LogP contribution in [0.1, 0.15) is 24.8 Å². The fourth-order valence-corrected chi connectivity index (χ4v) is 4.71. The minimum atomic E-state index is -1.03. The number of imide groups is 1. The number of fused-ring (bicyclic) bond motifs is 1. The zero-order chi connectivity index (χ0) is 20.8. The highest BCUT2D eigenvalue weighted by Gasteiger charge is 2.62. The summed E-state index contributed by atoms with van der Waals surface area (Å²) in [5.41, 5.74) is 0.952. The van der Waals surface area contributed by atoms with Crippen LogP contribution in [0.4, 0.5) is 5.69 Å². The van der Waals surface area contributed by atoms with Crippen LogP contribution >= 0.6 is 0 Å². The number of carbonyl (C=O) groups excluding carboxylic acids is 2. The molecule has 5 nitrogen and oxygen atoms in total. The Kier molecular flexibility index (Phi) is 4.53. The number of carbonyl (C=O) groups is 2. The van der Waals surface area contributed by atoms with Crippen LogP contribution < -0.4 is 9.64 Å². The van der Waals surface area contributed by atoms with E-state index >= 15 is 0 Å². The first-order valence-electron chi connectivity index (χ1n) is 9.56. The first kappa shape index (κ1) is 19.0. The molecule has 1 aliphatic carbocycles. The van der Waals surface area contributed by atoms with Crippen LogP contribution in [0.25, 0.3) is 0 Å². The molecular weight excluding hydrogens is 366 g/mol. The van der Waals surface area contributed by atoms with Gasteiger partial charge < -0.3 is 9.84 Å². The van der Waals surface area contributed by atoms with E-state index in [1.165, 1.54) is 18.1 Å². The number of anilines is 1. The molecule has 3 unspecified atom stereocenters. The number of phenols is 1. The maximum atomic E-state index is 13.7. The molecule has 0 saturated carbocycles. The number of nitrogens with zero attached hydrogens (tertiary/aromatic N) is 1. The van der Waals surface area contributed by atoms with E-state index in [4.69, 9.17) is 4.74 Å². The van der Waals surface area contributed by atoms with Crippen molar-refractivity contribution >= 4 is 17.5 Å². The smallest absolute Gasteiger partial charge is 0.241 e. The van der Waals surface area contributed by atoms with E-state index in [9.17, 15) is 14.7 Å². The Bertz CT molecular complexity index is 1030. The van der Waals surface area contributed by atoms with Gasteiger partial charge in [-0.05, 0) is 37.1 Å². The summed E-state index contributed by atoms with van der Waals surface area (Å²) in [4.78, 5) is 28.3. The molecule has 29 heavy (non-hydrogen) atoms. The molecule has 1 aliphatic heterocycles. The lowest BCUT2D eigenvalue weighted by Gasteiger charge is -2.40. The number of hydrogen-bond donors (Lipinski definition) is 1.